The van der Waals surface area contributed by atoms with Crippen molar-refractivity contribution in [3.63, 3.8) is 0 Å². The molecule has 2 aromatic carbocycles. The molecule has 5 heteroatoms. The molecule has 0 saturated carbocycles. The van der Waals surface area contributed by atoms with Gasteiger partial charge in [0, 0.05) is 24.4 Å². The lowest BCUT2D eigenvalue weighted by Crippen LogP contribution is -2.22. The van der Waals surface area contributed by atoms with Gasteiger partial charge >= 0.3 is 0 Å². The Morgan fingerprint density at radius 3 is 2.72 bits per heavy atom. The van der Waals surface area contributed by atoms with Crippen molar-refractivity contribution in [3.8, 4) is 11.4 Å². The van der Waals surface area contributed by atoms with Gasteiger partial charge < -0.3 is 10.1 Å². The van der Waals surface area contributed by atoms with E-state index in [2.05, 4.69) is 16.6 Å². The van der Waals surface area contributed by atoms with E-state index in [9.17, 15) is 4.79 Å². The zero-order valence-electron chi connectivity index (χ0n) is 17.2. The molecule has 0 radical (unpaired) electrons. The molecule has 1 heterocycles. The molecule has 3 aromatic rings. The van der Waals surface area contributed by atoms with Gasteiger partial charge in [0.15, 0.2) is 0 Å². The van der Waals surface area contributed by atoms with E-state index in [4.69, 9.17) is 4.74 Å². The van der Waals surface area contributed by atoms with E-state index in [0.29, 0.717) is 6.54 Å². The summed E-state index contributed by atoms with van der Waals surface area (Å²) in [4.78, 5) is 12.1. The van der Waals surface area contributed by atoms with Crippen LogP contribution in [0, 0.1) is 13.8 Å². The van der Waals surface area contributed by atoms with Gasteiger partial charge in [-0.15, -0.1) is 0 Å². The first-order valence-electron chi connectivity index (χ1n) is 9.78. The van der Waals surface area contributed by atoms with Crippen LogP contribution >= 0.6 is 0 Å². The summed E-state index contributed by atoms with van der Waals surface area (Å²) >= 11 is 0. The first kappa shape index (κ1) is 20.4. The number of nitrogens with zero attached hydrogens (tertiary/aromatic N) is 2. The van der Waals surface area contributed by atoms with Crippen molar-refractivity contribution in [1.29, 1.82) is 0 Å². The van der Waals surface area contributed by atoms with Gasteiger partial charge in [-0.3, -0.25) is 4.79 Å². The molecular weight excluding hydrogens is 362 g/mol. The minimum Gasteiger partial charge on any atom is -0.496 e. The van der Waals surface area contributed by atoms with E-state index in [1.807, 2.05) is 67.1 Å². The molecule has 1 N–H and O–H groups in total. The highest BCUT2D eigenvalue weighted by molar-refractivity contribution is 5.92. The molecule has 1 aromatic heterocycles. The second-order valence-corrected chi connectivity index (χ2v) is 6.99. The monoisotopic (exact) mass is 389 g/mol. The summed E-state index contributed by atoms with van der Waals surface area (Å²) < 4.78 is 7.24. The Morgan fingerprint density at radius 1 is 1.17 bits per heavy atom. The maximum absolute atomic E-state index is 12.1. The van der Waals surface area contributed by atoms with Crippen LogP contribution in [0.25, 0.3) is 11.8 Å². The molecule has 0 atom stereocenters. The number of aromatic nitrogens is 2. The number of para-hydroxylation sites is 1. The SMILES string of the molecule is COc1ccc(C)cc1C=CC(=O)NCCCc1cn(-c2ccccc2)nc1C. The van der Waals surface area contributed by atoms with Gasteiger partial charge in [-0.05, 0) is 62.6 Å². The highest BCUT2D eigenvalue weighted by Crippen LogP contribution is 2.20. The lowest BCUT2D eigenvalue weighted by atomic mass is 10.1. The molecule has 0 unspecified atom stereocenters. The second-order valence-electron chi connectivity index (χ2n) is 6.99. The third kappa shape index (κ3) is 5.57. The molecule has 0 saturated heterocycles. The van der Waals surface area contributed by atoms with Crippen molar-refractivity contribution in [2.45, 2.75) is 26.7 Å². The number of rotatable bonds is 8. The van der Waals surface area contributed by atoms with Gasteiger partial charge in [0.05, 0.1) is 18.5 Å². The molecule has 150 valence electrons. The molecule has 1 amide bonds. The number of hydrogen-bond donors (Lipinski definition) is 1. The Labute approximate surface area is 172 Å². The first-order valence-corrected chi connectivity index (χ1v) is 9.78. The zero-order valence-corrected chi connectivity index (χ0v) is 17.2. The Morgan fingerprint density at radius 2 is 1.97 bits per heavy atom. The quantitative estimate of drug-likeness (QED) is 0.463. The van der Waals surface area contributed by atoms with E-state index in [-0.39, 0.29) is 5.91 Å². The summed E-state index contributed by atoms with van der Waals surface area (Å²) in [6.07, 6.45) is 7.13. The van der Waals surface area contributed by atoms with Crippen molar-refractivity contribution in [3.05, 3.63) is 83.2 Å². The largest absolute Gasteiger partial charge is 0.496 e. The summed E-state index contributed by atoms with van der Waals surface area (Å²) in [5.41, 5.74) is 5.28. The average Bonchev–Trinajstić information content (AvgIpc) is 3.11. The molecule has 0 aliphatic carbocycles. The van der Waals surface area contributed by atoms with Gasteiger partial charge in [-0.2, -0.15) is 5.10 Å². The minimum absolute atomic E-state index is 0.106. The number of aryl methyl sites for hydroxylation is 3. The van der Waals surface area contributed by atoms with E-state index in [0.717, 1.165) is 41.1 Å². The van der Waals surface area contributed by atoms with Crippen molar-refractivity contribution in [2.24, 2.45) is 0 Å². The van der Waals surface area contributed by atoms with Gasteiger partial charge in [0.1, 0.15) is 5.75 Å². The third-order valence-corrected chi connectivity index (χ3v) is 4.74. The summed E-state index contributed by atoms with van der Waals surface area (Å²) in [6.45, 7) is 4.65. The van der Waals surface area contributed by atoms with Crippen molar-refractivity contribution in [1.82, 2.24) is 15.1 Å². The number of methoxy groups -OCH3 is 1. The summed E-state index contributed by atoms with van der Waals surface area (Å²) in [7, 11) is 1.63. The maximum Gasteiger partial charge on any atom is 0.244 e. The van der Waals surface area contributed by atoms with Crippen LogP contribution in [0.3, 0.4) is 0 Å². The van der Waals surface area contributed by atoms with E-state index < -0.39 is 0 Å². The number of benzene rings is 2. The van der Waals surface area contributed by atoms with Gasteiger partial charge in [0.2, 0.25) is 5.91 Å². The number of ether oxygens (including phenoxy) is 1. The predicted molar refractivity (Wildman–Crippen MR) is 116 cm³/mol. The zero-order chi connectivity index (χ0) is 20.6. The molecule has 0 bridgehead atoms. The van der Waals surface area contributed by atoms with Crippen LogP contribution in [0.15, 0.2) is 60.8 Å². The number of nitrogens with one attached hydrogen (secondary N) is 1. The minimum atomic E-state index is -0.106. The van der Waals surface area contributed by atoms with Crippen LogP contribution in [0.5, 0.6) is 5.75 Å². The number of carbonyl (C=O) groups excluding carboxylic acids is 1. The van der Waals surface area contributed by atoms with Crippen LogP contribution in [0.2, 0.25) is 0 Å². The highest BCUT2D eigenvalue weighted by Gasteiger charge is 2.06. The topological polar surface area (TPSA) is 56.1 Å². The molecule has 3 rings (SSSR count). The molecule has 0 aliphatic heterocycles. The number of amides is 1. The van der Waals surface area contributed by atoms with E-state index in [1.54, 1.807) is 19.3 Å². The van der Waals surface area contributed by atoms with Crippen molar-refractivity contribution < 1.29 is 9.53 Å². The molecule has 5 nitrogen and oxygen atoms in total. The Bertz CT molecular complexity index is 991. The van der Waals surface area contributed by atoms with Crippen LogP contribution in [0.4, 0.5) is 0 Å². The van der Waals surface area contributed by atoms with Gasteiger partial charge in [-0.25, -0.2) is 4.68 Å². The maximum atomic E-state index is 12.1. The van der Waals surface area contributed by atoms with Crippen LogP contribution in [0.1, 0.15) is 28.8 Å². The van der Waals surface area contributed by atoms with E-state index in [1.165, 1.54) is 5.56 Å². The molecule has 0 aliphatic rings. The fraction of sp³-hybridized carbons (Fsp3) is 0.250. The molecular formula is C24H27N3O2. The number of hydrogen-bond acceptors (Lipinski definition) is 3. The fourth-order valence-electron chi connectivity index (χ4n) is 3.15. The highest BCUT2D eigenvalue weighted by atomic mass is 16.5. The summed E-state index contributed by atoms with van der Waals surface area (Å²) in [5, 5.41) is 7.53. The lowest BCUT2D eigenvalue weighted by Gasteiger charge is -2.06. The fourth-order valence-corrected chi connectivity index (χ4v) is 3.15. The van der Waals surface area contributed by atoms with Gasteiger partial charge in [0.25, 0.3) is 0 Å². The average molecular weight is 389 g/mol. The second kappa shape index (κ2) is 9.73. The molecule has 0 fully saturated rings. The Hall–Kier alpha value is -3.34. The van der Waals surface area contributed by atoms with E-state index >= 15 is 0 Å². The Balaban J connectivity index is 1.49. The summed E-state index contributed by atoms with van der Waals surface area (Å²) in [5.74, 6) is 0.649. The van der Waals surface area contributed by atoms with Crippen molar-refractivity contribution in [2.75, 3.05) is 13.7 Å². The normalized spacial score (nSPS) is 11.0. The number of carbonyl (C=O) groups is 1. The van der Waals surface area contributed by atoms with Crippen LogP contribution in [-0.2, 0) is 11.2 Å². The van der Waals surface area contributed by atoms with Crippen molar-refractivity contribution >= 4 is 12.0 Å². The predicted octanol–water partition coefficient (Wildman–Crippen LogP) is 4.26. The summed E-state index contributed by atoms with van der Waals surface area (Å²) in [6, 6.07) is 16.0. The van der Waals surface area contributed by atoms with Crippen LogP contribution < -0.4 is 10.1 Å². The van der Waals surface area contributed by atoms with Crippen LogP contribution in [-0.4, -0.2) is 29.3 Å². The molecule has 0 spiro atoms. The third-order valence-electron chi connectivity index (χ3n) is 4.74. The lowest BCUT2D eigenvalue weighted by molar-refractivity contribution is -0.116. The van der Waals surface area contributed by atoms with Gasteiger partial charge in [-0.1, -0.05) is 29.8 Å². The molecule has 29 heavy (non-hydrogen) atoms. The standard InChI is InChI=1S/C24H27N3O2/c1-18-11-13-23(29-3)20(16-18)12-14-24(28)25-15-7-8-21-17-27(26-19(21)2)22-9-5-4-6-10-22/h4-6,9-14,16-17H,7-8,15H2,1-3H3,(H,25,28). The Kier molecular flexibility index (Phi) is 6.85. The smallest absolute Gasteiger partial charge is 0.244 e. The first-order chi connectivity index (χ1) is 14.1.